The van der Waals surface area contributed by atoms with Gasteiger partial charge in [0.25, 0.3) is 0 Å². The second-order valence-corrected chi connectivity index (χ2v) is 10.1. The molecule has 1 aliphatic carbocycles. The van der Waals surface area contributed by atoms with Crippen molar-refractivity contribution in [2.24, 2.45) is 5.92 Å². The van der Waals surface area contributed by atoms with Crippen molar-refractivity contribution in [3.05, 3.63) is 52.5 Å². The number of benzene rings is 1. The third-order valence-corrected chi connectivity index (χ3v) is 8.06. The average molecular weight is 468 g/mol. The molecule has 3 fully saturated rings. The highest BCUT2D eigenvalue weighted by Crippen LogP contribution is 2.41. The number of fused-ring (bicyclic) bond motifs is 1. The van der Waals surface area contributed by atoms with Gasteiger partial charge >= 0.3 is 6.09 Å². The minimum absolute atomic E-state index is 0.0340. The van der Waals surface area contributed by atoms with Crippen LogP contribution in [0.15, 0.2) is 41.9 Å². The average Bonchev–Trinajstić information content (AvgIpc) is 3.61. The van der Waals surface area contributed by atoms with Gasteiger partial charge in [-0.1, -0.05) is 43.2 Å². The lowest BCUT2D eigenvalue weighted by molar-refractivity contribution is -0.136. The third-order valence-electron chi connectivity index (χ3n) is 7.27. The van der Waals surface area contributed by atoms with E-state index in [9.17, 15) is 14.4 Å². The van der Waals surface area contributed by atoms with Gasteiger partial charge in [-0.25, -0.2) is 9.78 Å². The van der Waals surface area contributed by atoms with E-state index in [4.69, 9.17) is 4.74 Å². The lowest BCUT2D eigenvalue weighted by atomic mass is 9.84. The summed E-state index contributed by atoms with van der Waals surface area (Å²) >= 11 is 1.31. The van der Waals surface area contributed by atoms with Crippen molar-refractivity contribution in [2.45, 2.75) is 69.7 Å². The fourth-order valence-corrected chi connectivity index (χ4v) is 6.34. The molecule has 2 saturated heterocycles. The van der Waals surface area contributed by atoms with Gasteiger partial charge in [-0.05, 0) is 43.6 Å². The number of aromatic nitrogens is 1. The highest BCUT2D eigenvalue weighted by molar-refractivity contribution is 7.11. The first-order chi connectivity index (χ1) is 16.1. The van der Waals surface area contributed by atoms with Crippen molar-refractivity contribution in [1.29, 1.82) is 0 Å². The summed E-state index contributed by atoms with van der Waals surface area (Å²) in [5, 5.41) is 2.22. The van der Waals surface area contributed by atoms with Crippen LogP contribution in [0.3, 0.4) is 0 Å². The molecule has 2 amide bonds. The summed E-state index contributed by atoms with van der Waals surface area (Å²) < 4.78 is 5.68. The molecule has 1 aromatic heterocycles. The zero-order chi connectivity index (χ0) is 22.8. The Hall–Kier alpha value is -2.74. The molecule has 2 aromatic rings. The molecule has 33 heavy (non-hydrogen) atoms. The topological polar surface area (TPSA) is 79.8 Å². The maximum absolute atomic E-state index is 13.8. The SMILES string of the molecule is O=C(c1nccs1)[C@@H]1CCCN1C(=O)[C@@H]1CC2CCCCC2N1C(=O)OCc1ccccc1. The van der Waals surface area contributed by atoms with Crippen LogP contribution >= 0.6 is 11.3 Å². The minimum atomic E-state index is -0.564. The van der Waals surface area contributed by atoms with Crippen LogP contribution in [0.2, 0.25) is 0 Å². The fourth-order valence-electron chi connectivity index (χ4n) is 5.72. The maximum Gasteiger partial charge on any atom is 0.411 e. The molecule has 0 radical (unpaired) electrons. The molecule has 8 heteroatoms. The summed E-state index contributed by atoms with van der Waals surface area (Å²) in [5.41, 5.74) is 0.918. The molecule has 0 spiro atoms. The van der Waals surface area contributed by atoms with Gasteiger partial charge in [-0.15, -0.1) is 11.3 Å². The maximum atomic E-state index is 13.8. The number of Topliss-reactive ketones (excluding diaryl/α,β-unsaturated/α-hetero) is 1. The Labute approximate surface area is 197 Å². The Kier molecular flexibility index (Phi) is 6.44. The summed E-state index contributed by atoms with van der Waals surface area (Å²) in [6, 6.07) is 8.56. The monoisotopic (exact) mass is 467 g/mol. The van der Waals surface area contributed by atoms with E-state index in [1.54, 1.807) is 21.4 Å². The number of carbonyl (C=O) groups is 3. The number of likely N-dealkylation sites (tertiary alicyclic amines) is 2. The number of hydrogen-bond acceptors (Lipinski definition) is 6. The summed E-state index contributed by atoms with van der Waals surface area (Å²) in [7, 11) is 0. The molecule has 2 aliphatic heterocycles. The molecule has 1 saturated carbocycles. The molecule has 0 N–H and O–H groups in total. The van der Waals surface area contributed by atoms with Crippen molar-refractivity contribution >= 4 is 29.1 Å². The number of amides is 2. The standard InChI is InChI=1S/C25H29N3O4S/c29-22(23-26-12-14-33-23)20-11-6-13-27(20)24(30)21-15-18-9-4-5-10-19(18)28(21)25(31)32-16-17-7-2-1-3-8-17/h1-3,7-8,12,14,18-21H,4-6,9-11,13,15-16H2/t18?,19?,20-,21-/m0/s1. The highest BCUT2D eigenvalue weighted by atomic mass is 32.1. The van der Waals surface area contributed by atoms with Gasteiger partial charge in [0.1, 0.15) is 12.6 Å². The Morgan fingerprint density at radius 3 is 2.64 bits per heavy atom. The van der Waals surface area contributed by atoms with E-state index in [2.05, 4.69) is 4.98 Å². The van der Waals surface area contributed by atoms with Gasteiger partial charge in [-0.3, -0.25) is 14.5 Å². The first-order valence-corrected chi connectivity index (χ1v) is 12.7. The van der Waals surface area contributed by atoms with Gasteiger partial charge in [0.2, 0.25) is 11.7 Å². The van der Waals surface area contributed by atoms with E-state index in [1.165, 1.54) is 11.3 Å². The molecular formula is C25H29N3O4S. The number of carbonyl (C=O) groups excluding carboxylic acids is 3. The van der Waals surface area contributed by atoms with E-state index >= 15 is 0 Å². The number of hydrogen-bond donors (Lipinski definition) is 0. The van der Waals surface area contributed by atoms with Crippen LogP contribution in [0.4, 0.5) is 4.79 Å². The van der Waals surface area contributed by atoms with Crippen molar-refractivity contribution in [3.8, 4) is 0 Å². The molecule has 4 atom stereocenters. The number of ether oxygens (including phenoxy) is 1. The fraction of sp³-hybridized carbons (Fsp3) is 0.520. The molecule has 3 aliphatic rings. The number of ketones is 1. The lowest BCUT2D eigenvalue weighted by Crippen LogP contribution is -2.53. The molecule has 3 heterocycles. The van der Waals surface area contributed by atoms with E-state index in [0.717, 1.165) is 37.7 Å². The van der Waals surface area contributed by atoms with Crippen molar-refractivity contribution < 1.29 is 19.1 Å². The normalized spacial score (nSPS) is 26.8. The molecule has 2 unspecified atom stereocenters. The zero-order valence-corrected chi connectivity index (χ0v) is 19.4. The molecule has 174 valence electrons. The van der Waals surface area contributed by atoms with E-state index in [1.807, 2.05) is 30.3 Å². The van der Waals surface area contributed by atoms with Gasteiger partial charge < -0.3 is 9.64 Å². The van der Waals surface area contributed by atoms with Crippen LogP contribution in [-0.4, -0.2) is 57.2 Å². The van der Waals surface area contributed by atoms with E-state index in [0.29, 0.717) is 30.3 Å². The highest BCUT2D eigenvalue weighted by Gasteiger charge is 2.51. The summed E-state index contributed by atoms with van der Waals surface area (Å²) in [4.78, 5) is 47.6. The number of thiazole rings is 1. The summed E-state index contributed by atoms with van der Waals surface area (Å²) in [6.07, 6.45) is 7.38. The molecule has 1 aromatic carbocycles. The van der Waals surface area contributed by atoms with Gasteiger partial charge in [-0.2, -0.15) is 0 Å². The van der Waals surface area contributed by atoms with E-state index in [-0.39, 0.29) is 24.3 Å². The van der Waals surface area contributed by atoms with Crippen LogP contribution in [0.1, 0.15) is 60.3 Å². The summed E-state index contributed by atoms with van der Waals surface area (Å²) in [6.45, 7) is 0.725. The smallest absolute Gasteiger partial charge is 0.411 e. The van der Waals surface area contributed by atoms with Gasteiger partial charge in [0.05, 0.1) is 6.04 Å². The second kappa shape index (κ2) is 9.63. The Morgan fingerprint density at radius 1 is 1.03 bits per heavy atom. The minimum Gasteiger partial charge on any atom is -0.445 e. The molecular weight excluding hydrogens is 438 g/mol. The van der Waals surface area contributed by atoms with Crippen molar-refractivity contribution in [2.75, 3.05) is 6.54 Å². The van der Waals surface area contributed by atoms with Crippen LogP contribution < -0.4 is 0 Å². The van der Waals surface area contributed by atoms with Gasteiger partial charge in [0, 0.05) is 24.2 Å². The predicted molar refractivity (Wildman–Crippen MR) is 124 cm³/mol. The number of rotatable bonds is 5. The largest absolute Gasteiger partial charge is 0.445 e. The van der Waals surface area contributed by atoms with Crippen molar-refractivity contribution in [1.82, 2.24) is 14.8 Å². The van der Waals surface area contributed by atoms with Crippen LogP contribution in [0.25, 0.3) is 0 Å². The Morgan fingerprint density at radius 2 is 1.85 bits per heavy atom. The second-order valence-electron chi connectivity index (χ2n) is 9.20. The first-order valence-electron chi connectivity index (χ1n) is 11.9. The number of nitrogens with zero attached hydrogens (tertiary/aromatic N) is 3. The van der Waals surface area contributed by atoms with Crippen molar-refractivity contribution in [3.63, 3.8) is 0 Å². The molecule has 0 bridgehead atoms. The Bertz CT molecular complexity index is 996. The van der Waals surface area contributed by atoms with Crippen LogP contribution in [-0.2, 0) is 16.1 Å². The molecule has 5 rings (SSSR count). The van der Waals surface area contributed by atoms with Crippen LogP contribution in [0, 0.1) is 5.92 Å². The Balaban J connectivity index is 1.34. The predicted octanol–water partition coefficient (Wildman–Crippen LogP) is 4.29. The lowest BCUT2D eigenvalue weighted by Gasteiger charge is -2.34. The zero-order valence-electron chi connectivity index (χ0n) is 18.6. The first kappa shape index (κ1) is 22.1. The third kappa shape index (κ3) is 4.40. The van der Waals surface area contributed by atoms with Gasteiger partial charge in [0.15, 0.2) is 5.01 Å². The molecule has 7 nitrogen and oxygen atoms in total. The van der Waals surface area contributed by atoms with E-state index < -0.39 is 18.2 Å². The quantitative estimate of drug-likeness (QED) is 0.613. The van der Waals surface area contributed by atoms with Crippen LogP contribution in [0.5, 0.6) is 0 Å². The summed E-state index contributed by atoms with van der Waals surface area (Å²) in [5.74, 6) is 0.102.